The van der Waals surface area contributed by atoms with Gasteiger partial charge < -0.3 is 40.3 Å². The Morgan fingerprint density at radius 2 is 1.17 bits per heavy atom. The maximum atomic E-state index is 13.0. The molecule has 0 aromatic heterocycles. The van der Waals surface area contributed by atoms with E-state index in [1.807, 2.05) is 0 Å². The van der Waals surface area contributed by atoms with Crippen LogP contribution in [0.4, 0.5) is 0 Å². The van der Waals surface area contributed by atoms with Gasteiger partial charge in [0.2, 0.25) is 5.91 Å². The number of carbonyl (C=O) groups excluding carboxylic acids is 1. The van der Waals surface area contributed by atoms with Gasteiger partial charge in [-0.3, -0.25) is 9.35 Å². The molecule has 1 saturated heterocycles. The summed E-state index contributed by atoms with van der Waals surface area (Å²) in [4.78, 5) is 13.0. The summed E-state index contributed by atoms with van der Waals surface area (Å²) in [5, 5.41) is 55.0. The highest BCUT2D eigenvalue weighted by atomic mass is 32.3. The molecule has 1 rings (SSSR count). The van der Waals surface area contributed by atoms with Crippen LogP contribution in [0.25, 0.3) is 0 Å². The van der Waals surface area contributed by atoms with Crippen LogP contribution in [-0.4, -0.2) is 107 Å². The van der Waals surface area contributed by atoms with Gasteiger partial charge in [-0.05, 0) is 64.2 Å². The molecule has 13 nitrogen and oxygen atoms in total. The zero-order valence-electron chi connectivity index (χ0n) is 35.5. The van der Waals surface area contributed by atoms with Gasteiger partial charge in [-0.15, -0.1) is 0 Å². The van der Waals surface area contributed by atoms with Crippen molar-refractivity contribution in [2.75, 3.05) is 13.2 Å². The predicted octanol–water partition coefficient (Wildman–Crippen LogP) is 7.07. The van der Waals surface area contributed by atoms with Crippen LogP contribution in [0.1, 0.15) is 162 Å². The molecule has 7 N–H and O–H groups in total. The van der Waals surface area contributed by atoms with E-state index in [0.29, 0.717) is 12.8 Å². The SMILES string of the molecule is CCCC/C=C\CCCCCCC(O)C(=O)NC(COC1OC(CO)C(O)C(OS(=O)(=O)O)C1O)C(O)/C=C/CC/C=C/CC/C=C/CCCCCCCCCCC. The molecule has 1 aliphatic rings. The summed E-state index contributed by atoms with van der Waals surface area (Å²) < 4.78 is 47.4. The van der Waals surface area contributed by atoms with Crippen LogP contribution < -0.4 is 5.32 Å². The van der Waals surface area contributed by atoms with E-state index in [0.717, 1.165) is 57.8 Å². The van der Waals surface area contributed by atoms with Crippen LogP contribution in [0.15, 0.2) is 48.6 Å². The van der Waals surface area contributed by atoms with Crippen molar-refractivity contribution in [3.8, 4) is 0 Å². The fourth-order valence-corrected chi connectivity index (χ4v) is 7.10. The molecule has 0 aromatic carbocycles. The molecule has 58 heavy (non-hydrogen) atoms. The lowest BCUT2D eigenvalue weighted by Gasteiger charge is -2.41. The van der Waals surface area contributed by atoms with Crippen LogP contribution in [-0.2, 0) is 28.9 Å². The number of amides is 1. The zero-order valence-corrected chi connectivity index (χ0v) is 36.3. The van der Waals surface area contributed by atoms with Gasteiger partial charge in [0.15, 0.2) is 6.29 Å². The summed E-state index contributed by atoms with van der Waals surface area (Å²) in [6.45, 7) is 3.11. The highest BCUT2D eigenvalue weighted by Gasteiger charge is 2.48. The lowest BCUT2D eigenvalue weighted by atomic mass is 9.99. The van der Waals surface area contributed by atoms with Crippen LogP contribution in [0.5, 0.6) is 0 Å². The number of carbonyl (C=O) groups is 1. The van der Waals surface area contributed by atoms with E-state index in [2.05, 4.69) is 59.8 Å². The third-order valence-electron chi connectivity index (χ3n) is 10.2. The molecule has 1 aliphatic heterocycles. The summed E-state index contributed by atoms with van der Waals surface area (Å²) in [6.07, 6.45) is 29.3. The average molecular weight is 846 g/mol. The smallest absolute Gasteiger partial charge is 0.394 e. The Hall–Kier alpha value is -1.98. The number of hydrogen-bond acceptors (Lipinski definition) is 11. The minimum atomic E-state index is -5.12. The van der Waals surface area contributed by atoms with Gasteiger partial charge in [-0.25, -0.2) is 4.18 Å². The van der Waals surface area contributed by atoms with Crippen molar-refractivity contribution in [3.63, 3.8) is 0 Å². The standard InChI is InChI=1S/C44H79NO12S/c1-3-5-7-9-11-13-15-16-17-18-19-20-21-22-23-25-26-28-30-32-37(47)36(45-43(51)38(48)33-31-29-27-24-14-12-10-8-6-4-2)35-55-44-41(50)42(57-58(52,53)54)40(49)39(34-46)56-44/h10,12,19-20,23,25,30,32,36-42,44,46-50H,3-9,11,13-18,21-22,24,26-29,31,33-35H2,1-2H3,(H,45,51)(H,52,53,54)/b12-10-,20-19+,25-23+,32-30+. The first kappa shape index (κ1) is 54.0. The van der Waals surface area contributed by atoms with E-state index in [4.69, 9.17) is 14.0 Å². The van der Waals surface area contributed by atoms with Crippen molar-refractivity contribution in [2.24, 2.45) is 0 Å². The van der Waals surface area contributed by atoms with Crippen LogP contribution in [0.3, 0.4) is 0 Å². The summed E-state index contributed by atoms with van der Waals surface area (Å²) in [5.74, 6) is -0.730. The molecule has 1 amide bonds. The molecule has 14 heteroatoms. The van der Waals surface area contributed by atoms with Gasteiger partial charge in [-0.1, -0.05) is 146 Å². The molecule has 338 valence electrons. The Labute approximate surface area is 350 Å². The van der Waals surface area contributed by atoms with Crippen molar-refractivity contribution >= 4 is 16.3 Å². The summed E-state index contributed by atoms with van der Waals surface area (Å²) in [5.41, 5.74) is 0. The van der Waals surface area contributed by atoms with Gasteiger partial charge >= 0.3 is 10.4 Å². The molecule has 1 heterocycles. The molecule has 8 unspecified atom stereocenters. The second-order valence-corrected chi connectivity index (χ2v) is 16.4. The van der Waals surface area contributed by atoms with E-state index in [9.17, 15) is 38.7 Å². The largest absolute Gasteiger partial charge is 0.397 e. The topological polar surface area (TPSA) is 212 Å². The van der Waals surface area contributed by atoms with Crippen molar-refractivity contribution < 1.29 is 57.0 Å². The second-order valence-electron chi connectivity index (χ2n) is 15.4. The van der Waals surface area contributed by atoms with Crippen LogP contribution in [0, 0.1) is 0 Å². The number of allylic oxidation sites excluding steroid dienone is 7. The molecule has 1 fully saturated rings. The van der Waals surface area contributed by atoms with Gasteiger partial charge in [0.05, 0.1) is 25.4 Å². The molecule has 0 bridgehead atoms. The third kappa shape index (κ3) is 27.0. The van der Waals surface area contributed by atoms with Crippen LogP contribution in [0.2, 0.25) is 0 Å². The Morgan fingerprint density at radius 1 is 0.690 bits per heavy atom. The molecule has 0 saturated carbocycles. The number of aliphatic hydroxyl groups is 5. The maximum absolute atomic E-state index is 13.0. The summed E-state index contributed by atoms with van der Waals surface area (Å²) >= 11 is 0. The molecule has 0 aliphatic carbocycles. The van der Waals surface area contributed by atoms with Crippen molar-refractivity contribution in [1.82, 2.24) is 5.32 Å². The van der Waals surface area contributed by atoms with Crippen molar-refractivity contribution in [1.29, 1.82) is 0 Å². The number of nitrogens with one attached hydrogen (secondary N) is 1. The molecular formula is C44H79NO12S. The Bertz CT molecular complexity index is 1240. The first-order chi connectivity index (χ1) is 27.9. The second kappa shape index (κ2) is 34.7. The summed E-state index contributed by atoms with van der Waals surface area (Å²) in [7, 11) is -5.12. The number of ether oxygens (including phenoxy) is 2. The van der Waals surface area contributed by atoms with Gasteiger partial charge in [0.25, 0.3) is 0 Å². The van der Waals surface area contributed by atoms with Gasteiger partial charge in [0, 0.05) is 0 Å². The Balaban J connectivity index is 2.65. The van der Waals surface area contributed by atoms with Gasteiger partial charge in [-0.2, -0.15) is 8.42 Å². The van der Waals surface area contributed by atoms with E-state index in [1.54, 1.807) is 6.08 Å². The number of rotatable bonds is 36. The lowest BCUT2D eigenvalue weighted by Crippen LogP contribution is -2.61. The zero-order chi connectivity index (χ0) is 42.9. The van der Waals surface area contributed by atoms with E-state index in [1.165, 1.54) is 76.7 Å². The number of unbranched alkanes of at least 4 members (excludes halogenated alkanes) is 17. The normalized spacial score (nSPS) is 22.1. The highest BCUT2D eigenvalue weighted by Crippen LogP contribution is 2.26. The fourth-order valence-electron chi connectivity index (χ4n) is 6.59. The number of hydrogen-bond donors (Lipinski definition) is 7. The fraction of sp³-hybridized carbons (Fsp3) is 0.795. The third-order valence-corrected chi connectivity index (χ3v) is 10.6. The monoisotopic (exact) mass is 846 g/mol. The minimum absolute atomic E-state index is 0.217. The minimum Gasteiger partial charge on any atom is -0.394 e. The highest BCUT2D eigenvalue weighted by molar-refractivity contribution is 7.80. The van der Waals surface area contributed by atoms with E-state index >= 15 is 0 Å². The summed E-state index contributed by atoms with van der Waals surface area (Å²) in [6, 6.07) is -1.15. The van der Waals surface area contributed by atoms with Crippen molar-refractivity contribution in [3.05, 3.63) is 48.6 Å². The maximum Gasteiger partial charge on any atom is 0.397 e. The molecule has 0 radical (unpaired) electrons. The lowest BCUT2D eigenvalue weighted by molar-refractivity contribution is -0.298. The van der Waals surface area contributed by atoms with Crippen LogP contribution >= 0.6 is 0 Å². The first-order valence-electron chi connectivity index (χ1n) is 22.1. The predicted molar refractivity (Wildman–Crippen MR) is 228 cm³/mol. The Morgan fingerprint density at radius 3 is 1.71 bits per heavy atom. The number of aliphatic hydroxyl groups excluding tert-OH is 5. The van der Waals surface area contributed by atoms with E-state index < -0.39 is 78.5 Å². The molecule has 0 spiro atoms. The Kier molecular flexibility index (Phi) is 32.3. The molecular weight excluding hydrogens is 767 g/mol. The average Bonchev–Trinajstić information content (AvgIpc) is 3.19. The molecule has 0 aromatic rings. The molecule has 8 atom stereocenters. The first-order valence-corrected chi connectivity index (χ1v) is 23.5. The van der Waals surface area contributed by atoms with Crippen molar-refractivity contribution in [2.45, 2.75) is 210 Å². The quantitative estimate of drug-likeness (QED) is 0.0192. The van der Waals surface area contributed by atoms with E-state index in [-0.39, 0.29) is 6.42 Å². The van der Waals surface area contributed by atoms with Gasteiger partial charge in [0.1, 0.15) is 30.5 Å².